The second-order valence-electron chi connectivity index (χ2n) is 7.05. The van der Waals surface area contributed by atoms with Crippen LogP contribution >= 0.6 is 34.4 Å². The first-order valence-corrected chi connectivity index (χ1v) is 12.6. The number of nitrogens with zero attached hydrogens (tertiary/aromatic N) is 2. The van der Waals surface area contributed by atoms with E-state index in [0.717, 1.165) is 56.5 Å². The number of unbranched alkanes of at least 4 members (excludes halogenated alkanes) is 1. The van der Waals surface area contributed by atoms with Gasteiger partial charge < -0.3 is 9.73 Å². The van der Waals surface area contributed by atoms with E-state index in [9.17, 15) is 4.79 Å². The SMILES string of the molecule is Cc1csc(CCCCNC(=O)c2oc3ccccc3c2CSc2nc(C)cs2)n1. The summed E-state index contributed by atoms with van der Waals surface area (Å²) in [6.07, 6.45) is 2.86. The number of benzene rings is 1. The van der Waals surface area contributed by atoms with Crippen molar-refractivity contribution in [2.75, 3.05) is 6.54 Å². The second-order valence-corrected chi connectivity index (χ2v) is 10.1. The van der Waals surface area contributed by atoms with E-state index >= 15 is 0 Å². The molecule has 0 aliphatic carbocycles. The number of carbonyl (C=O) groups is 1. The predicted octanol–water partition coefficient (Wildman–Crippen LogP) is 6.01. The van der Waals surface area contributed by atoms with Crippen LogP contribution in [0, 0.1) is 13.8 Å². The number of hydrogen-bond donors (Lipinski definition) is 1. The molecule has 0 atom stereocenters. The molecule has 30 heavy (non-hydrogen) atoms. The molecule has 3 aromatic heterocycles. The summed E-state index contributed by atoms with van der Waals surface area (Å²) in [6, 6.07) is 7.81. The van der Waals surface area contributed by atoms with Crippen LogP contribution in [0.5, 0.6) is 0 Å². The van der Waals surface area contributed by atoms with Gasteiger partial charge in [0.05, 0.1) is 5.01 Å². The zero-order valence-electron chi connectivity index (χ0n) is 16.9. The number of amides is 1. The van der Waals surface area contributed by atoms with Gasteiger partial charge in [-0.1, -0.05) is 30.0 Å². The van der Waals surface area contributed by atoms with Crippen molar-refractivity contribution in [3.8, 4) is 0 Å². The largest absolute Gasteiger partial charge is 0.451 e. The molecule has 0 saturated heterocycles. The van der Waals surface area contributed by atoms with Gasteiger partial charge in [0.1, 0.15) is 9.92 Å². The number of nitrogens with one attached hydrogen (secondary N) is 1. The Balaban J connectivity index is 1.38. The standard InChI is InChI=1S/C22H23N3O2S3/c1-14-11-28-19(24-14)9-5-6-10-23-21(26)20-17(13-30-22-25-15(2)12-29-22)16-7-3-4-8-18(16)27-20/h3-4,7-8,11-12H,5-6,9-10,13H2,1-2H3,(H,23,26). The zero-order valence-corrected chi connectivity index (χ0v) is 19.4. The van der Waals surface area contributed by atoms with Gasteiger partial charge in [-0.3, -0.25) is 4.79 Å². The molecule has 8 heteroatoms. The Morgan fingerprint density at radius 3 is 2.67 bits per heavy atom. The quantitative estimate of drug-likeness (QED) is 0.246. The van der Waals surface area contributed by atoms with E-state index in [1.165, 1.54) is 0 Å². The third kappa shape index (κ3) is 5.11. The summed E-state index contributed by atoms with van der Waals surface area (Å²) < 4.78 is 6.93. The summed E-state index contributed by atoms with van der Waals surface area (Å²) in [6.45, 7) is 4.62. The van der Waals surface area contributed by atoms with Crippen LogP contribution in [-0.4, -0.2) is 22.4 Å². The van der Waals surface area contributed by atoms with E-state index in [4.69, 9.17) is 4.42 Å². The Morgan fingerprint density at radius 2 is 1.90 bits per heavy atom. The molecular weight excluding hydrogens is 434 g/mol. The smallest absolute Gasteiger partial charge is 0.287 e. The van der Waals surface area contributed by atoms with Crippen molar-refractivity contribution < 1.29 is 9.21 Å². The molecule has 0 radical (unpaired) electrons. The molecule has 5 nitrogen and oxygen atoms in total. The Morgan fingerprint density at radius 1 is 1.10 bits per heavy atom. The topological polar surface area (TPSA) is 68.0 Å². The molecule has 0 unspecified atom stereocenters. The van der Waals surface area contributed by atoms with Crippen LogP contribution in [0.2, 0.25) is 0 Å². The maximum atomic E-state index is 12.8. The maximum Gasteiger partial charge on any atom is 0.287 e. The van der Waals surface area contributed by atoms with E-state index < -0.39 is 0 Å². The summed E-state index contributed by atoms with van der Waals surface area (Å²) in [5.41, 5.74) is 3.77. The number of aryl methyl sites for hydroxylation is 3. The van der Waals surface area contributed by atoms with Crippen LogP contribution in [0.15, 0.2) is 43.8 Å². The van der Waals surface area contributed by atoms with Crippen LogP contribution in [0.25, 0.3) is 11.0 Å². The van der Waals surface area contributed by atoms with Crippen molar-refractivity contribution in [1.82, 2.24) is 15.3 Å². The number of thioether (sulfide) groups is 1. The highest BCUT2D eigenvalue weighted by Crippen LogP contribution is 2.33. The Bertz CT molecular complexity index is 1150. The zero-order chi connectivity index (χ0) is 20.9. The third-order valence-electron chi connectivity index (χ3n) is 4.61. The lowest BCUT2D eigenvalue weighted by Crippen LogP contribution is -2.25. The number of para-hydroxylation sites is 1. The molecule has 4 aromatic rings. The van der Waals surface area contributed by atoms with Crippen molar-refractivity contribution in [2.45, 2.75) is 43.2 Å². The van der Waals surface area contributed by atoms with Crippen LogP contribution in [0.4, 0.5) is 0 Å². The van der Waals surface area contributed by atoms with Crippen LogP contribution < -0.4 is 5.32 Å². The average molecular weight is 458 g/mol. The number of fused-ring (bicyclic) bond motifs is 1. The van der Waals surface area contributed by atoms with Crippen LogP contribution in [0.3, 0.4) is 0 Å². The van der Waals surface area contributed by atoms with Crippen molar-refractivity contribution in [1.29, 1.82) is 0 Å². The Labute approximate surface area is 187 Å². The molecule has 0 aliphatic heterocycles. The molecule has 1 amide bonds. The maximum absolute atomic E-state index is 12.8. The first-order valence-electron chi connectivity index (χ1n) is 9.84. The molecule has 3 heterocycles. The molecule has 0 aliphatic rings. The summed E-state index contributed by atoms with van der Waals surface area (Å²) in [5.74, 6) is 0.908. The Hall–Kier alpha value is -2.16. The summed E-state index contributed by atoms with van der Waals surface area (Å²) >= 11 is 4.97. The van der Waals surface area contributed by atoms with E-state index in [0.29, 0.717) is 18.1 Å². The highest BCUT2D eigenvalue weighted by Gasteiger charge is 2.20. The Kier molecular flexibility index (Phi) is 6.86. The van der Waals surface area contributed by atoms with Crippen LogP contribution in [0.1, 0.15) is 45.4 Å². The van der Waals surface area contributed by atoms with Gasteiger partial charge >= 0.3 is 0 Å². The fraction of sp³-hybridized carbons (Fsp3) is 0.318. The van der Waals surface area contributed by atoms with Gasteiger partial charge in [-0.2, -0.15) is 0 Å². The number of aromatic nitrogens is 2. The molecule has 156 valence electrons. The average Bonchev–Trinajstić information content (AvgIpc) is 3.44. The van der Waals surface area contributed by atoms with Gasteiger partial charge in [0.15, 0.2) is 5.76 Å². The fourth-order valence-electron chi connectivity index (χ4n) is 3.16. The van der Waals surface area contributed by atoms with Gasteiger partial charge in [-0.05, 0) is 39.2 Å². The fourth-order valence-corrected chi connectivity index (χ4v) is 5.85. The monoisotopic (exact) mass is 457 g/mol. The highest BCUT2D eigenvalue weighted by atomic mass is 32.2. The van der Waals surface area contributed by atoms with Crippen molar-refractivity contribution in [3.05, 3.63) is 62.7 Å². The summed E-state index contributed by atoms with van der Waals surface area (Å²) in [5, 5.41) is 9.28. The lowest BCUT2D eigenvalue weighted by molar-refractivity contribution is 0.0926. The molecule has 0 saturated carbocycles. The molecule has 1 N–H and O–H groups in total. The van der Waals surface area contributed by atoms with E-state index in [-0.39, 0.29) is 5.91 Å². The summed E-state index contributed by atoms with van der Waals surface area (Å²) in [7, 11) is 0. The van der Waals surface area contributed by atoms with E-state index in [1.54, 1.807) is 34.4 Å². The minimum Gasteiger partial charge on any atom is -0.451 e. The normalized spacial score (nSPS) is 11.3. The molecule has 1 aromatic carbocycles. The van der Waals surface area contributed by atoms with Gasteiger partial charge in [-0.25, -0.2) is 9.97 Å². The summed E-state index contributed by atoms with van der Waals surface area (Å²) in [4.78, 5) is 21.8. The number of carbonyl (C=O) groups excluding carboxylic acids is 1. The van der Waals surface area contributed by atoms with Crippen molar-refractivity contribution in [3.63, 3.8) is 0 Å². The minimum atomic E-state index is -0.151. The van der Waals surface area contributed by atoms with Crippen molar-refractivity contribution in [2.24, 2.45) is 0 Å². The van der Waals surface area contributed by atoms with Crippen molar-refractivity contribution >= 4 is 51.3 Å². The molecular formula is C22H23N3O2S3. The second kappa shape index (κ2) is 9.76. The molecule has 0 fully saturated rings. The minimum absolute atomic E-state index is 0.151. The first-order chi connectivity index (χ1) is 14.6. The lowest BCUT2D eigenvalue weighted by Gasteiger charge is -2.05. The molecule has 0 spiro atoms. The first kappa shape index (κ1) is 21.1. The van der Waals surface area contributed by atoms with E-state index in [1.807, 2.05) is 43.5 Å². The number of hydrogen-bond acceptors (Lipinski definition) is 7. The van der Waals surface area contributed by atoms with Crippen LogP contribution in [-0.2, 0) is 12.2 Å². The third-order valence-corrected chi connectivity index (χ3v) is 7.80. The number of rotatable bonds is 9. The number of thiazole rings is 2. The van der Waals surface area contributed by atoms with Gasteiger partial charge in [0.2, 0.25) is 0 Å². The molecule has 4 rings (SSSR count). The van der Waals surface area contributed by atoms with Gasteiger partial charge in [0, 0.05) is 45.4 Å². The lowest BCUT2D eigenvalue weighted by atomic mass is 10.1. The van der Waals surface area contributed by atoms with Gasteiger partial charge in [0.25, 0.3) is 5.91 Å². The number of furan rings is 1. The predicted molar refractivity (Wildman–Crippen MR) is 125 cm³/mol. The van der Waals surface area contributed by atoms with Gasteiger partial charge in [-0.15, -0.1) is 22.7 Å². The molecule has 0 bridgehead atoms. The van der Waals surface area contributed by atoms with E-state index in [2.05, 4.69) is 20.7 Å². The highest BCUT2D eigenvalue weighted by molar-refractivity contribution is 8.00.